The quantitative estimate of drug-likeness (QED) is 0.547. The lowest BCUT2D eigenvalue weighted by Gasteiger charge is -2.29. The molecule has 22 heavy (non-hydrogen) atoms. The van der Waals surface area contributed by atoms with Gasteiger partial charge >= 0.3 is 6.09 Å². The van der Waals surface area contributed by atoms with E-state index >= 15 is 0 Å². The molecule has 0 atom stereocenters. The molecule has 0 N–H and O–H groups in total. The van der Waals surface area contributed by atoms with Gasteiger partial charge in [-0.1, -0.05) is 11.3 Å². The van der Waals surface area contributed by atoms with E-state index in [2.05, 4.69) is 4.98 Å². The number of ether oxygens (including phenoxy) is 1. The third-order valence-electron chi connectivity index (χ3n) is 3.56. The molecule has 0 aromatic carbocycles. The number of fused-ring (bicyclic) bond motifs is 3. The van der Waals surface area contributed by atoms with Gasteiger partial charge in [0.1, 0.15) is 11.0 Å². The SMILES string of the molecule is C[n+]1cnc(Cl)c2c3c(sc21)CN(C(=O)OC(C)(C)C)CC3. The molecule has 3 rings (SSSR count). The largest absolute Gasteiger partial charge is 0.444 e. The lowest BCUT2D eigenvalue weighted by Crippen LogP contribution is -2.39. The van der Waals surface area contributed by atoms with Crippen LogP contribution in [0.15, 0.2) is 6.33 Å². The number of carbonyl (C=O) groups excluding carboxylic acids is 1. The van der Waals surface area contributed by atoms with E-state index in [0.29, 0.717) is 18.2 Å². The second-order valence-electron chi connectivity index (χ2n) is 6.48. The maximum atomic E-state index is 12.2. The zero-order valence-corrected chi connectivity index (χ0v) is 14.7. The Bertz CT molecular complexity index is 751. The van der Waals surface area contributed by atoms with E-state index < -0.39 is 5.60 Å². The van der Waals surface area contributed by atoms with Gasteiger partial charge in [-0.25, -0.2) is 9.36 Å². The number of aromatic nitrogens is 2. The summed E-state index contributed by atoms with van der Waals surface area (Å²) < 4.78 is 7.44. The zero-order chi connectivity index (χ0) is 16.1. The van der Waals surface area contributed by atoms with E-state index in [0.717, 1.165) is 21.5 Å². The second kappa shape index (κ2) is 5.35. The standard InChI is InChI=1S/C15H19ClN3O2S/c1-15(2,3)21-14(20)19-6-5-9-10(7-19)22-13-11(9)12(16)17-8-18(13)4/h8H,5-7H2,1-4H3/q+1. The fraction of sp³-hybridized carbons (Fsp3) is 0.533. The van der Waals surface area contributed by atoms with E-state index in [4.69, 9.17) is 16.3 Å². The van der Waals surface area contributed by atoms with Crippen LogP contribution in [0.2, 0.25) is 5.15 Å². The van der Waals surface area contributed by atoms with E-state index in [1.165, 1.54) is 5.56 Å². The van der Waals surface area contributed by atoms with Crippen LogP contribution in [0.25, 0.3) is 10.2 Å². The van der Waals surface area contributed by atoms with Crippen molar-refractivity contribution in [3.05, 3.63) is 21.9 Å². The maximum absolute atomic E-state index is 12.2. The van der Waals surface area contributed by atoms with Crippen molar-refractivity contribution in [1.82, 2.24) is 9.88 Å². The zero-order valence-electron chi connectivity index (χ0n) is 13.1. The number of thiophene rings is 1. The summed E-state index contributed by atoms with van der Waals surface area (Å²) >= 11 is 7.94. The van der Waals surface area contributed by atoms with E-state index in [9.17, 15) is 4.79 Å². The highest BCUT2D eigenvalue weighted by Crippen LogP contribution is 2.36. The number of halogens is 1. The molecule has 3 heterocycles. The van der Waals surface area contributed by atoms with Gasteiger partial charge in [-0.3, -0.25) is 0 Å². The van der Waals surface area contributed by atoms with Gasteiger partial charge in [0.2, 0.25) is 0 Å². The first kappa shape index (κ1) is 15.5. The Morgan fingerprint density at radius 3 is 2.91 bits per heavy atom. The first-order valence-corrected chi connectivity index (χ1v) is 8.38. The minimum absolute atomic E-state index is 0.260. The minimum atomic E-state index is -0.475. The van der Waals surface area contributed by atoms with Crippen molar-refractivity contribution in [2.45, 2.75) is 39.3 Å². The summed E-state index contributed by atoms with van der Waals surface area (Å²) in [7, 11) is 1.96. The van der Waals surface area contributed by atoms with Crippen molar-refractivity contribution in [3.8, 4) is 0 Å². The van der Waals surface area contributed by atoms with Crippen molar-refractivity contribution in [2.75, 3.05) is 6.54 Å². The average molecular weight is 341 g/mol. The normalized spacial score (nSPS) is 15.0. The first-order chi connectivity index (χ1) is 10.3. The molecule has 0 bridgehead atoms. The molecular weight excluding hydrogens is 322 g/mol. The minimum Gasteiger partial charge on any atom is -0.444 e. The van der Waals surface area contributed by atoms with Crippen molar-refractivity contribution < 1.29 is 14.1 Å². The van der Waals surface area contributed by atoms with Gasteiger partial charge < -0.3 is 9.64 Å². The Kier molecular flexibility index (Phi) is 3.77. The molecule has 0 spiro atoms. The molecule has 0 unspecified atom stereocenters. The topological polar surface area (TPSA) is 46.3 Å². The van der Waals surface area contributed by atoms with Gasteiger partial charge in [0.15, 0.2) is 4.83 Å². The van der Waals surface area contributed by atoms with Crippen LogP contribution in [-0.2, 0) is 24.8 Å². The Balaban J connectivity index is 1.93. The smallest absolute Gasteiger partial charge is 0.410 e. The van der Waals surface area contributed by atoms with Crippen LogP contribution in [0.5, 0.6) is 0 Å². The molecule has 2 aromatic heterocycles. The average Bonchev–Trinajstić information content (AvgIpc) is 2.80. The molecule has 0 fully saturated rings. The predicted octanol–water partition coefficient (Wildman–Crippen LogP) is 3.07. The molecule has 5 nitrogen and oxygen atoms in total. The lowest BCUT2D eigenvalue weighted by atomic mass is 10.1. The number of aryl methyl sites for hydroxylation is 1. The fourth-order valence-electron chi connectivity index (χ4n) is 2.59. The first-order valence-electron chi connectivity index (χ1n) is 7.18. The van der Waals surface area contributed by atoms with Crippen LogP contribution >= 0.6 is 22.9 Å². The maximum Gasteiger partial charge on any atom is 0.410 e. The fourth-order valence-corrected chi connectivity index (χ4v) is 4.18. The highest BCUT2D eigenvalue weighted by atomic mass is 35.5. The number of hydrogen-bond acceptors (Lipinski definition) is 4. The number of amides is 1. The van der Waals surface area contributed by atoms with Gasteiger partial charge in [-0.15, -0.1) is 0 Å². The van der Waals surface area contributed by atoms with Crippen LogP contribution in [0.3, 0.4) is 0 Å². The number of carbonyl (C=O) groups is 1. The second-order valence-corrected chi connectivity index (χ2v) is 7.92. The molecule has 1 aliphatic heterocycles. The van der Waals surface area contributed by atoms with Crippen LogP contribution < -0.4 is 4.57 Å². The van der Waals surface area contributed by atoms with E-state index in [1.54, 1.807) is 22.6 Å². The molecule has 2 aromatic rings. The molecule has 1 amide bonds. The Morgan fingerprint density at radius 2 is 2.23 bits per heavy atom. The summed E-state index contributed by atoms with van der Waals surface area (Å²) in [4.78, 5) is 20.5. The monoisotopic (exact) mass is 340 g/mol. The van der Waals surface area contributed by atoms with Crippen molar-refractivity contribution in [1.29, 1.82) is 0 Å². The molecular formula is C15H19ClN3O2S+. The van der Waals surface area contributed by atoms with Crippen LogP contribution in [0, 0.1) is 0 Å². The van der Waals surface area contributed by atoms with Crippen LogP contribution in [0.4, 0.5) is 4.79 Å². The van der Waals surface area contributed by atoms with Crippen molar-refractivity contribution >= 4 is 39.2 Å². The summed E-state index contributed by atoms with van der Waals surface area (Å²) in [5, 5.41) is 1.56. The highest BCUT2D eigenvalue weighted by Gasteiger charge is 2.30. The summed E-state index contributed by atoms with van der Waals surface area (Å²) in [5.41, 5.74) is 0.741. The van der Waals surface area contributed by atoms with E-state index in [1.807, 2.05) is 32.4 Å². The number of hydrogen-bond donors (Lipinski definition) is 0. The molecule has 0 saturated heterocycles. The summed E-state index contributed by atoms with van der Waals surface area (Å²) in [6, 6.07) is 0. The Morgan fingerprint density at radius 1 is 1.50 bits per heavy atom. The molecule has 7 heteroatoms. The van der Waals surface area contributed by atoms with Gasteiger partial charge in [0.05, 0.1) is 13.6 Å². The third-order valence-corrected chi connectivity index (χ3v) is 5.15. The molecule has 1 aliphatic rings. The van der Waals surface area contributed by atoms with Crippen LogP contribution in [0.1, 0.15) is 31.2 Å². The van der Waals surface area contributed by atoms with E-state index in [-0.39, 0.29) is 6.09 Å². The van der Waals surface area contributed by atoms with Crippen molar-refractivity contribution in [2.24, 2.45) is 7.05 Å². The summed E-state index contributed by atoms with van der Waals surface area (Å²) in [6.07, 6.45) is 2.24. The lowest BCUT2D eigenvalue weighted by molar-refractivity contribution is -0.645. The highest BCUT2D eigenvalue weighted by molar-refractivity contribution is 7.18. The summed E-state index contributed by atoms with van der Waals surface area (Å²) in [5.74, 6) is 0. The van der Waals surface area contributed by atoms with Gasteiger partial charge in [0.25, 0.3) is 11.5 Å². The molecule has 0 aliphatic carbocycles. The molecule has 0 saturated carbocycles. The third kappa shape index (κ3) is 2.77. The van der Waals surface area contributed by atoms with Crippen molar-refractivity contribution in [3.63, 3.8) is 0 Å². The number of nitrogens with zero attached hydrogens (tertiary/aromatic N) is 3. The molecule has 118 valence electrons. The molecule has 0 radical (unpaired) electrons. The number of rotatable bonds is 0. The van der Waals surface area contributed by atoms with Gasteiger partial charge in [-0.05, 0) is 49.3 Å². The summed E-state index contributed by atoms with van der Waals surface area (Å²) in [6.45, 7) is 6.85. The van der Waals surface area contributed by atoms with Crippen LogP contribution in [-0.4, -0.2) is 28.1 Å². The van der Waals surface area contributed by atoms with Gasteiger partial charge in [0, 0.05) is 11.4 Å². The Hall–Kier alpha value is -1.40. The predicted molar refractivity (Wildman–Crippen MR) is 86.2 cm³/mol. The Labute approximate surface area is 138 Å². The van der Waals surface area contributed by atoms with Gasteiger partial charge in [-0.2, -0.15) is 0 Å².